The Morgan fingerprint density at radius 3 is 1.61 bits per heavy atom. The lowest BCUT2D eigenvalue weighted by molar-refractivity contribution is 0.0625. The molecule has 0 N–H and O–H groups in total. The lowest BCUT2D eigenvalue weighted by atomic mass is 9.88. The molecule has 0 radical (unpaired) electrons. The number of para-hydroxylation sites is 1. The Balaban J connectivity index is 1.68. The van der Waals surface area contributed by atoms with Gasteiger partial charge in [0.2, 0.25) is 0 Å². The molecule has 0 bridgehead atoms. The van der Waals surface area contributed by atoms with Crippen LogP contribution in [0.2, 0.25) is 0 Å². The molecule has 2 atom stereocenters. The molecule has 0 saturated carbocycles. The second-order valence-corrected chi connectivity index (χ2v) is 13.7. The number of unbranched alkanes of at least 4 members (excludes halogenated alkanes) is 18. The van der Waals surface area contributed by atoms with Gasteiger partial charge in [0.05, 0.1) is 11.7 Å². The molecule has 0 spiro atoms. The van der Waals surface area contributed by atoms with Gasteiger partial charge in [-0.1, -0.05) is 180 Å². The van der Waals surface area contributed by atoms with E-state index in [0.717, 1.165) is 37.9 Å². The first kappa shape index (κ1) is 40.0. The van der Waals surface area contributed by atoms with E-state index in [0.29, 0.717) is 17.2 Å². The fourth-order valence-electron chi connectivity index (χ4n) is 6.59. The van der Waals surface area contributed by atoms with E-state index in [4.69, 9.17) is 9.47 Å². The maximum Gasteiger partial charge on any atom is 0.343 e. The second kappa shape index (κ2) is 26.9. The summed E-state index contributed by atoms with van der Waals surface area (Å²) in [7, 11) is 0. The third-order valence-electron chi connectivity index (χ3n) is 9.59. The SMILES string of the molecule is CCCCCCCCCCCCCCCCOC(C)c1ccc(C(=O)Oc2ccccc2C(CCC)CCCCCCCC)cc1. The zero-order valence-electron chi connectivity index (χ0n) is 30.5. The van der Waals surface area contributed by atoms with Gasteiger partial charge in [0.25, 0.3) is 0 Å². The van der Waals surface area contributed by atoms with E-state index in [1.54, 1.807) is 0 Å². The van der Waals surface area contributed by atoms with Crippen LogP contribution in [0, 0.1) is 0 Å². The molecule has 0 aromatic heterocycles. The van der Waals surface area contributed by atoms with Crippen molar-refractivity contribution in [2.24, 2.45) is 0 Å². The molecule has 0 aliphatic carbocycles. The largest absolute Gasteiger partial charge is 0.423 e. The quantitative estimate of drug-likeness (QED) is 0.0507. The summed E-state index contributed by atoms with van der Waals surface area (Å²) in [5.74, 6) is 0.857. The van der Waals surface area contributed by atoms with Gasteiger partial charge >= 0.3 is 5.97 Å². The number of esters is 1. The van der Waals surface area contributed by atoms with Crippen LogP contribution in [-0.2, 0) is 4.74 Å². The molecule has 0 fully saturated rings. The van der Waals surface area contributed by atoms with Crippen molar-refractivity contribution in [3.8, 4) is 5.75 Å². The van der Waals surface area contributed by atoms with Crippen molar-refractivity contribution in [1.82, 2.24) is 0 Å². The molecule has 2 aromatic carbocycles. The van der Waals surface area contributed by atoms with Gasteiger partial charge in [0.1, 0.15) is 5.75 Å². The number of benzene rings is 2. The lowest BCUT2D eigenvalue weighted by Gasteiger charge is -2.20. The van der Waals surface area contributed by atoms with E-state index >= 15 is 0 Å². The summed E-state index contributed by atoms with van der Waals surface area (Å²) in [5, 5.41) is 0. The zero-order chi connectivity index (χ0) is 33.1. The number of ether oxygens (including phenoxy) is 2. The van der Waals surface area contributed by atoms with Crippen LogP contribution < -0.4 is 4.74 Å². The highest BCUT2D eigenvalue weighted by Gasteiger charge is 2.18. The van der Waals surface area contributed by atoms with Crippen LogP contribution in [0.25, 0.3) is 0 Å². The van der Waals surface area contributed by atoms with Crippen LogP contribution >= 0.6 is 0 Å². The van der Waals surface area contributed by atoms with Gasteiger partial charge in [-0.25, -0.2) is 4.79 Å². The minimum Gasteiger partial charge on any atom is -0.423 e. The maximum absolute atomic E-state index is 13.2. The molecule has 0 saturated heterocycles. The Morgan fingerprint density at radius 2 is 1.07 bits per heavy atom. The van der Waals surface area contributed by atoms with E-state index in [-0.39, 0.29) is 12.1 Å². The summed E-state index contributed by atoms with van der Waals surface area (Å²) in [6.07, 6.45) is 30.3. The van der Waals surface area contributed by atoms with Gasteiger partial charge in [-0.15, -0.1) is 0 Å². The van der Waals surface area contributed by atoms with E-state index in [1.165, 1.54) is 128 Å². The third kappa shape index (κ3) is 17.7. The Labute approximate surface area is 284 Å². The monoisotopic (exact) mass is 635 g/mol. The molecule has 46 heavy (non-hydrogen) atoms. The van der Waals surface area contributed by atoms with Crippen molar-refractivity contribution in [1.29, 1.82) is 0 Å². The zero-order valence-corrected chi connectivity index (χ0v) is 30.5. The van der Waals surface area contributed by atoms with Gasteiger partial charge in [-0.3, -0.25) is 0 Å². The number of carbonyl (C=O) groups excluding carboxylic acids is 1. The number of hydrogen-bond acceptors (Lipinski definition) is 3. The summed E-state index contributed by atoms with van der Waals surface area (Å²) < 4.78 is 12.1. The van der Waals surface area contributed by atoms with Crippen LogP contribution in [0.1, 0.15) is 209 Å². The summed E-state index contributed by atoms with van der Waals surface area (Å²) in [4.78, 5) is 13.2. The molecule has 2 aromatic rings. The highest BCUT2D eigenvalue weighted by Crippen LogP contribution is 2.34. The topological polar surface area (TPSA) is 35.5 Å². The molecular weight excluding hydrogens is 564 g/mol. The predicted molar refractivity (Wildman–Crippen MR) is 198 cm³/mol. The summed E-state index contributed by atoms with van der Waals surface area (Å²) in [5.41, 5.74) is 2.86. The van der Waals surface area contributed by atoms with E-state index in [2.05, 4.69) is 39.8 Å². The first-order valence-corrected chi connectivity index (χ1v) is 19.6. The number of carbonyl (C=O) groups is 1. The molecule has 3 heteroatoms. The Morgan fingerprint density at radius 1 is 0.565 bits per heavy atom. The fraction of sp³-hybridized carbons (Fsp3) is 0.698. The van der Waals surface area contributed by atoms with Crippen molar-refractivity contribution < 1.29 is 14.3 Å². The predicted octanol–water partition coefficient (Wildman–Crippen LogP) is 14.1. The van der Waals surface area contributed by atoms with Crippen LogP contribution in [0.5, 0.6) is 5.75 Å². The Hall–Kier alpha value is -2.13. The van der Waals surface area contributed by atoms with Crippen molar-refractivity contribution in [2.75, 3.05) is 6.61 Å². The molecule has 3 nitrogen and oxygen atoms in total. The first-order valence-electron chi connectivity index (χ1n) is 19.6. The minimum absolute atomic E-state index is 0.0181. The van der Waals surface area contributed by atoms with Crippen LogP contribution in [-0.4, -0.2) is 12.6 Å². The normalized spacial score (nSPS) is 12.7. The third-order valence-corrected chi connectivity index (χ3v) is 9.59. The Kier molecular flexibility index (Phi) is 23.4. The molecule has 2 rings (SSSR count). The van der Waals surface area contributed by atoms with Crippen molar-refractivity contribution in [3.05, 3.63) is 65.2 Å². The van der Waals surface area contributed by atoms with E-state index in [9.17, 15) is 4.79 Å². The summed E-state index contributed by atoms with van der Waals surface area (Å²) in [6, 6.07) is 15.9. The molecule has 0 aliphatic rings. The lowest BCUT2D eigenvalue weighted by Crippen LogP contribution is -2.12. The smallest absolute Gasteiger partial charge is 0.343 e. The van der Waals surface area contributed by atoms with Gasteiger partial charge in [-0.05, 0) is 61.4 Å². The van der Waals surface area contributed by atoms with Gasteiger partial charge in [-0.2, -0.15) is 0 Å². The standard InChI is InChI=1S/C43H70O3/c1-5-8-10-12-14-15-16-17-18-19-20-21-23-27-36-45-37(4)38-32-34-40(35-33-38)43(44)46-42-31-26-25-30-41(42)39(28-7-3)29-24-22-13-11-9-6-2/h25-26,30-35,37,39H,5-24,27-29,36H2,1-4H3. The molecule has 2 unspecified atom stereocenters. The minimum atomic E-state index is -0.287. The molecule has 0 aliphatic heterocycles. The molecule has 0 amide bonds. The fourth-order valence-corrected chi connectivity index (χ4v) is 6.59. The highest BCUT2D eigenvalue weighted by atomic mass is 16.5. The maximum atomic E-state index is 13.2. The highest BCUT2D eigenvalue weighted by molar-refractivity contribution is 5.91. The van der Waals surface area contributed by atoms with Crippen molar-refractivity contribution >= 4 is 5.97 Å². The molecule has 0 heterocycles. The van der Waals surface area contributed by atoms with Crippen LogP contribution in [0.4, 0.5) is 0 Å². The molecular formula is C43H70O3. The van der Waals surface area contributed by atoms with Gasteiger partial charge < -0.3 is 9.47 Å². The van der Waals surface area contributed by atoms with Crippen LogP contribution in [0.15, 0.2) is 48.5 Å². The van der Waals surface area contributed by atoms with E-state index in [1.807, 2.05) is 36.4 Å². The number of hydrogen-bond donors (Lipinski definition) is 0. The van der Waals surface area contributed by atoms with Gasteiger partial charge in [0.15, 0.2) is 0 Å². The number of rotatable bonds is 29. The Bertz CT molecular complexity index is 997. The average Bonchev–Trinajstić information content (AvgIpc) is 3.07. The summed E-state index contributed by atoms with van der Waals surface area (Å²) in [6.45, 7) is 9.69. The first-order chi connectivity index (χ1) is 22.6. The summed E-state index contributed by atoms with van der Waals surface area (Å²) >= 11 is 0. The van der Waals surface area contributed by atoms with Crippen LogP contribution in [0.3, 0.4) is 0 Å². The molecule has 260 valence electrons. The van der Waals surface area contributed by atoms with Gasteiger partial charge in [0, 0.05) is 6.61 Å². The van der Waals surface area contributed by atoms with E-state index < -0.39 is 0 Å². The average molecular weight is 635 g/mol. The van der Waals surface area contributed by atoms with Crippen molar-refractivity contribution in [2.45, 2.75) is 187 Å². The van der Waals surface area contributed by atoms with Crippen molar-refractivity contribution in [3.63, 3.8) is 0 Å². The second-order valence-electron chi connectivity index (χ2n) is 13.7.